The molecule has 0 amide bonds. The van der Waals surface area contributed by atoms with Gasteiger partial charge in [-0.05, 0) is 37.9 Å². The predicted molar refractivity (Wildman–Crippen MR) is 86.1 cm³/mol. The highest BCUT2D eigenvalue weighted by molar-refractivity contribution is 9.10. The number of halogens is 1. The van der Waals surface area contributed by atoms with E-state index >= 15 is 0 Å². The van der Waals surface area contributed by atoms with E-state index in [1.54, 1.807) is 0 Å². The highest BCUT2D eigenvalue weighted by Gasteiger charge is 2.38. The monoisotopic (exact) mass is 349 g/mol. The molecule has 1 N–H and O–H groups in total. The van der Waals surface area contributed by atoms with Crippen LogP contribution in [-0.2, 0) is 5.41 Å². The van der Waals surface area contributed by atoms with Crippen LogP contribution in [0.2, 0.25) is 0 Å². The maximum Gasteiger partial charge on any atom is 0.234 e. The SMILES string of the molecule is CCCC1(c2nc(-c3ccccc3Br)no2)CCCNC1. The molecule has 3 rings (SSSR count). The fraction of sp³-hybridized carbons (Fsp3) is 0.500. The van der Waals surface area contributed by atoms with Gasteiger partial charge in [-0.15, -0.1) is 0 Å². The predicted octanol–water partition coefficient (Wildman–Crippen LogP) is 3.92. The molecule has 0 radical (unpaired) electrons. The van der Waals surface area contributed by atoms with Gasteiger partial charge >= 0.3 is 0 Å². The van der Waals surface area contributed by atoms with E-state index in [0.29, 0.717) is 5.82 Å². The van der Waals surface area contributed by atoms with Crippen LogP contribution in [0.25, 0.3) is 11.4 Å². The molecule has 2 heterocycles. The van der Waals surface area contributed by atoms with Gasteiger partial charge < -0.3 is 9.84 Å². The second-order valence-electron chi connectivity index (χ2n) is 5.71. The van der Waals surface area contributed by atoms with E-state index in [4.69, 9.17) is 9.51 Å². The summed E-state index contributed by atoms with van der Waals surface area (Å²) in [5.74, 6) is 1.45. The minimum atomic E-state index is -0.000490. The molecule has 1 atom stereocenters. The van der Waals surface area contributed by atoms with Crippen LogP contribution >= 0.6 is 15.9 Å². The average molecular weight is 350 g/mol. The first-order valence-electron chi connectivity index (χ1n) is 7.55. The van der Waals surface area contributed by atoms with Crippen molar-refractivity contribution in [1.29, 1.82) is 0 Å². The zero-order valence-corrected chi connectivity index (χ0v) is 13.8. The second kappa shape index (κ2) is 6.28. The number of nitrogens with zero attached hydrogens (tertiary/aromatic N) is 2. The van der Waals surface area contributed by atoms with Crippen LogP contribution in [0.15, 0.2) is 33.3 Å². The topological polar surface area (TPSA) is 51.0 Å². The molecule has 2 aromatic rings. The summed E-state index contributed by atoms with van der Waals surface area (Å²) in [6.07, 6.45) is 4.48. The fourth-order valence-corrected chi connectivity index (χ4v) is 3.60. The molecule has 1 aliphatic heterocycles. The number of nitrogens with one attached hydrogen (secondary N) is 1. The quantitative estimate of drug-likeness (QED) is 0.908. The summed E-state index contributed by atoms with van der Waals surface area (Å²) in [6, 6.07) is 7.97. The largest absolute Gasteiger partial charge is 0.338 e. The molecule has 112 valence electrons. The molecule has 0 aliphatic carbocycles. The van der Waals surface area contributed by atoms with Gasteiger partial charge in [0.05, 0.1) is 5.41 Å². The van der Waals surface area contributed by atoms with Gasteiger partial charge in [-0.2, -0.15) is 4.98 Å². The molecule has 5 heteroatoms. The number of aromatic nitrogens is 2. The van der Waals surface area contributed by atoms with Crippen LogP contribution < -0.4 is 5.32 Å². The summed E-state index contributed by atoms with van der Waals surface area (Å²) in [5.41, 5.74) is 0.974. The highest BCUT2D eigenvalue weighted by Crippen LogP contribution is 2.36. The number of rotatable bonds is 4. The van der Waals surface area contributed by atoms with Crippen LogP contribution in [0.4, 0.5) is 0 Å². The first kappa shape index (κ1) is 14.7. The summed E-state index contributed by atoms with van der Waals surface area (Å²) in [5, 5.41) is 7.69. The third-order valence-electron chi connectivity index (χ3n) is 4.20. The summed E-state index contributed by atoms with van der Waals surface area (Å²) >= 11 is 3.55. The van der Waals surface area contributed by atoms with Crippen molar-refractivity contribution in [2.24, 2.45) is 0 Å². The summed E-state index contributed by atoms with van der Waals surface area (Å²) in [4.78, 5) is 4.71. The van der Waals surface area contributed by atoms with Gasteiger partial charge in [0.25, 0.3) is 0 Å². The van der Waals surface area contributed by atoms with Crippen molar-refractivity contribution in [2.75, 3.05) is 13.1 Å². The van der Waals surface area contributed by atoms with E-state index in [1.807, 2.05) is 24.3 Å². The van der Waals surface area contributed by atoms with Crippen molar-refractivity contribution in [3.63, 3.8) is 0 Å². The standard InChI is InChI=1S/C16H20BrN3O/c1-2-8-16(9-5-10-18-11-16)15-19-14(20-21-15)12-6-3-4-7-13(12)17/h3-4,6-7,18H,2,5,8-11H2,1H3. The summed E-state index contributed by atoms with van der Waals surface area (Å²) in [6.45, 7) is 4.22. The molecule has 4 nitrogen and oxygen atoms in total. The van der Waals surface area contributed by atoms with E-state index in [2.05, 4.69) is 33.3 Å². The van der Waals surface area contributed by atoms with Gasteiger partial charge in [-0.3, -0.25) is 0 Å². The number of hydrogen-bond acceptors (Lipinski definition) is 4. The van der Waals surface area contributed by atoms with Gasteiger partial charge in [0, 0.05) is 16.6 Å². The number of piperidine rings is 1. The molecule has 1 unspecified atom stereocenters. The minimum Gasteiger partial charge on any atom is -0.338 e. The number of hydrogen-bond donors (Lipinski definition) is 1. The Morgan fingerprint density at radius 2 is 2.24 bits per heavy atom. The van der Waals surface area contributed by atoms with Crippen LogP contribution in [-0.4, -0.2) is 23.2 Å². The Hall–Kier alpha value is -1.20. The molecule has 1 fully saturated rings. The molecular weight excluding hydrogens is 330 g/mol. The lowest BCUT2D eigenvalue weighted by Gasteiger charge is -2.34. The molecule has 0 saturated carbocycles. The summed E-state index contributed by atoms with van der Waals surface area (Å²) in [7, 11) is 0. The lowest BCUT2D eigenvalue weighted by molar-refractivity contribution is 0.213. The van der Waals surface area contributed by atoms with Crippen molar-refractivity contribution < 1.29 is 4.52 Å². The van der Waals surface area contributed by atoms with Crippen molar-refractivity contribution in [3.8, 4) is 11.4 Å². The Kier molecular flexibility index (Phi) is 4.40. The first-order chi connectivity index (χ1) is 10.2. The molecule has 1 aliphatic rings. The van der Waals surface area contributed by atoms with Crippen molar-refractivity contribution >= 4 is 15.9 Å². The van der Waals surface area contributed by atoms with Crippen molar-refractivity contribution in [2.45, 2.75) is 38.0 Å². The molecule has 21 heavy (non-hydrogen) atoms. The van der Waals surface area contributed by atoms with Crippen LogP contribution in [0.5, 0.6) is 0 Å². The normalized spacial score (nSPS) is 22.4. The molecule has 1 aromatic heterocycles. The van der Waals surface area contributed by atoms with Gasteiger partial charge in [-0.1, -0.05) is 46.6 Å². The Balaban J connectivity index is 1.94. The summed E-state index contributed by atoms with van der Waals surface area (Å²) < 4.78 is 6.64. The highest BCUT2D eigenvalue weighted by atomic mass is 79.9. The second-order valence-corrected chi connectivity index (χ2v) is 6.57. The zero-order chi connectivity index (χ0) is 14.7. The van der Waals surface area contributed by atoms with Gasteiger partial charge in [0.2, 0.25) is 11.7 Å². The van der Waals surface area contributed by atoms with Crippen LogP contribution in [0, 0.1) is 0 Å². The molecule has 1 aromatic carbocycles. The Bertz CT molecular complexity index is 600. The van der Waals surface area contributed by atoms with Gasteiger partial charge in [-0.25, -0.2) is 0 Å². The van der Waals surface area contributed by atoms with E-state index in [9.17, 15) is 0 Å². The third-order valence-corrected chi connectivity index (χ3v) is 4.89. The van der Waals surface area contributed by atoms with Crippen LogP contribution in [0.1, 0.15) is 38.5 Å². The maximum atomic E-state index is 5.65. The van der Waals surface area contributed by atoms with Crippen molar-refractivity contribution in [3.05, 3.63) is 34.6 Å². The van der Waals surface area contributed by atoms with E-state index in [-0.39, 0.29) is 5.41 Å². The lowest BCUT2D eigenvalue weighted by atomic mass is 9.77. The smallest absolute Gasteiger partial charge is 0.234 e. The van der Waals surface area contributed by atoms with E-state index in [0.717, 1.165) is 54.7 Å². The third kappa shape index (κ3) is 2.90. The first-order valence-corrected chi connectivity index (χ1v) is 8.34. The Labute approximate surface area is 133 Å². The van der Waals surface area contributed by atoms with Crippen LogP contribution in [0.3, 0.4) is 0 Å². The molecule has 0 bridgehead atoms. The van der Waals surface area contributed by atoms with Gasteiger partial charge in [0.15, 0.2) is 0 Å². The molecular formula is C16H20BrN3O. The Morgan fingerprint density at radius 1 is 1.38 bits per heavy atom. The Morgan fingerprint density at radius 3 is 2.95 bits per heavy atom. The molecule has 1 saturated heterocycles. The zero-order valence-electron chi connectivity index (χ0n) is 12.2. The van der Waals surface area contributed by atoms with E-state index < -0.39 is 0 Å². The maximum absolute atomic E-state index is 5.65. The average Bonchev–Trinajstić information content (AvgIpc) is 2.99. The lowest BCUT2D eigenvalue weighted by Crippen LogP contribution is -2.43. The van der Waals surface area contributed by atoms with Gasteiger partial charge in [0.1, 0.15) is 0 Å². The molecule has 0 spiro atoms. The fourth-order valence-electron chi connectivity index (χ4n) is 3.14. The minimum absolute atomic E-state index is 0.000490. The van der Waals surface area contributed by atoms with E-state index in [1.165, 1.54) is 0 Å². The van der Waals surface area contributed by atoms with Crippen molar-refractivity contribution in [1.82, 2.24) is 15.5 Å². The number of benzene rings is 1.